The van der Waals surface area contributed by atoms with Gasteiger partial charge < -0.3 is 10.6 Å². The zero-order valence-electron chi connectivity index (χ0n) is 10.8. The zero-order chi connectivity index (χ0) is 12.3. The Morgan fingerprint density at radius 2 is 2.12 bits per heavy atom. The van der Waals surface area contributed by atoms with Crippen molar-refractivity contribution >= 4 is 5.95 Å². The smallest absolute Gasteiger partial charge is 0.225 e. The molecule has 0 spiro atoms. The average Bonchev–Trinajstić information content (AvgIpc) is 2.39. The van der Waals surface area contributed by atoms with Gasteiger partial charge >= 0.3 is 0 Å². The van der Waals surface area contributed by atoms with Crippen molar-refractivity contribution in [2.75, 3.05) is 24.5 Å². The van der Waals surface area contributed by atoms with Crippen LogP contribution in [0.15, 0.2) is 12.4 Å². The number of hydrogen-bond acceptors (Lipinski definition) is 4. The lowest BCUT2D eigenvalue weighted by Gasteiger charge is -2.32. The highest BCUT2D eigenvalue weighted by atomic mass is 15.2. The van der Waals surface area contributed by atoms with Crippen LogP contribution in [0.1, 0.15) is 38.2 Å². The second-order valence-electron chi connectivity index (χ2n) is 5.16. The van der Waals surface area contributed by atoms with Crippen molar-refractivity contribution < 1.29 is 0 Å². The fourth-order valence-corrected chi connectivity index (χ4v) is 2.23. The van der Waals surface area contributed by atoms with Crippen molar-refractivity contribution in [1.29, 1.82) is 0 Å². The van der Waals surface area contributed by atoms with E-state index in [-0.39, 0.29) is 0 Å². The summed E-state index contributed by atoms with van der Waals surface area (Å²) in [5, 5.41) is 0. The molecule has 1 aliphatic heterocycles. The van der Waals surface area contributed by atoms with Crippen molar-refractivity contribution in [3.8, 4) is 0 Å². The van der Waals surface area contributed by atoms with E-state index in [1.165, 1.54) is 18.4 Å². The quantitative estimate of drug-likeness (QED) is 0.866. The van der Waals surface area contributed by atoms with Crippen LogP contribution in [0, 0.1) is 5.92 Å². The molecule has 4 heteroatoms. The minimum absolute atomic E-state index is 0.488. The number of nitrogens with two attached hydrogens (primary N) is 1. The molecule has 1 aromatic heterocycles. The minimum Gasteiger partial charge on any atom is -0.341 e. The summed E-state index contributed by atoms with van der Waals surface area (Å²) in [4.78, 5) is 11.2. The number of aromatic nitrogens is 2. The van der Waals surface area contributed by atoms with Crippen molar-refractivity contribution in [3.05, 3.63) is 18.0 Å². The van der Waals surface area contributed by atoms with Gasteiger partial charge in [-0.15, -0.1) is 0 Å². The van der Waals surface area contributed by atoms with E-state index in [9.17, 15) is 0 Å². The van der Waals surface area contributed by atoms with Crippen LogP contribution in [0.5, 0.6) is 0 Å². The molecule has 1 atom stereocenters. The molecule has 0 aliphatic carbocycles. The van der Waals surface area contributed by atoms with Gasteiger partial charge in [-0.1, -0.05) is 13.8 Å². The summed E-state index contributed by atoms with van der Waals surface area (Å²) >= 11 is 0. The van der Waals surface area contributed by atoms with Gasteiger partial charge in [0.25, 0.3) is 0 Å². The van der Waals surface area contributed by atoms with Crippen LogP contribution in [-0.2, 0) is 0 Å². The number of piperidine rings is 1. The normalized spacial score (nSPS) is 20.9. The highest BCUT2D eigenvalue weighted by Gasteiger charge is 2.20. The maximum Gasteiger partial charge on any atom is 0.225 e. The third-order valence-electron chi connectivity index (χ3n) is 3.46. The molecular weight excluding hydrogens is 212 g/mol. The van der Waals surface area contributed by atoms with E-state index in [1.54, 1.807) is 0 Å². The van der Waals surface area contributed by atoms with Gasteiger partial charge in [-0.05, 0) is 36.8 Å². The first-order chi connectivity index (χ1) is 8.20. The van der Waals surface area contributed by atoms with Crippen molar-refractivity contribution in [1.82, 2.24) is 9.97 Å². The first-order valence-electron chi connectivity index (χ1n) is 6.47. The van der Waals surface area contributed by atoms with Crippen LogP contribution in [0.2, 0.25) is 0 Å². The fourth-order valence-electron chi connectivity index (χ4n) is 2.23. The lowest BCUT2D eigenvalue weighted by molar-refractivity contribution is 0.419. The standard InChI is InChI=1S/C13H22N4/c1-10(2)12-7-15-13(16-8-12)17-5-3-4-11(6-14)9-17/h7-8,10-11H,3-6,9,14H2,1-2H3. The SMILES string of the molecule is CC(C)c1cnc(N2CCCC(CN)C2)nc1. The summed E-state index contributed by atoms with van der Waals surface area (Å²) < 4.78 is 0. The number of hydrogen-bond donors (Lipinski definition) is 1. The summed E-state index contributed by atoms with van der Waals surface area (Å²) in [5.41, 5.74) is 6.94. The predicted molar refractivity (Wildman–Crippen MR) is 70.1 cm³/mol. The molecule has 1 fully saturated rings. The molecule has 1 saturated heterocycles. The molecule has 1 unspecified atom stereocenters. The van der Waals surface area contributed by atoms with E-state index in [0.29, 0.717) is 11.8 Å². The summed E-state index contributed by atoms with van der Waals surface area (Å²) in [5.74, 6) is 1.94. The monoisotopic (exact) mass is 234 g/mol. The van der Waals surface area contributed by atoms with E-state index < -0.39 is 0 Å². The molecule has 0 aromatic carbocycles. The van der Waals surface area contributed by atoms with Crippen LogP contribution < -0.4 is 10.6 Å². The molecular formula is C13H22N4. The van der Waals surface area contributed by atoms with Gasteiger partial charge in [0.1, 0.15) is 0 Å². The van der Waals surface area contributed by atoms with Gasteiger partial charge in [-0.25, -0.2) is 9.97 Å². The van der Waals surface area contributed by atoms with E-state index in [1.807, 2.05) is 12.4 Å². The molecule has 2 heterocycles. The Morgan fingerprint density at radius 3 is 2.71 bits per heavy atom. The first-order valence-corrected chi connectivity index (χ1v) is 6.47. The highest BCUT2D eigenvalue weighted by Crippen LogP contribution is 2.20. The number of rotatable bonds is 3. The summed E-state index contributed by atoms with van der Waals surface area (Å²) in [7, 11) is 0. The Bertz CT molecular complexity index is 347. The molecule has 4 nitrogen and oxygen atoms in total. The van der Waals surface area contributed by atoms with E-state index in [2.05, 4.69) is 28.7 Å². The van der Waals surface area contributed by atoms with Crippen LogP contribution in [0.25, 0.3) is 0 Å². The van der Waals surface area contributed by atoms with Crippen molar-refractivity contribution in [2.24, 2.45) is 11.7 Å². The second-order valence-corrected chi connectivity index (χ2v) is 5.16. The third kappa shape index (κ3) is 2.94. The van der Waals surface area contributed by atoms with Gasteiger partial charge in [-0.2, -0.15) is 0 Å². The lowest BCUT2D eigenvalue weighted by Crippen LogP contribution is -2.39. The molecule has 2 rings (SSSR count). The molecule has 0 radical (unpaired) electrons. The van der Waals surface area contributed by atoms with Gasteiger partial charge in [-0.3, -0.25) is 0 Å². The summed E-state index contributed by atoms with van der Waals surface area (Å²) in [6, 6.07) is 0. The molecule has 94 valence electrons. The molecule has 1 aromatic rings. The minimum atomic E-state index is 0.488. The Labute approximate surface area is 103 Å². The third-order valence-corrected chi connectivity index (χ3v) is 3.46. The average molecular weight is 234 g/mol. The van der Waals surface area contributed by atoms with Crippen molar-refractivity contribution in [3.63, 3.8) is 0 Å². The second kappa shape index (κ2) is 5.45. The lowest BCUT2D eigenvalue weighted by atomic mass is 9.99. The summed E-state index contributed by atoms with van der Waals surface area (Å²) in [6.07, 6.45) is 6.31. The number of anilines is 1. The Balaban J connectivity index is 2.06. The van der Waals surface area contributed by atoms with E-state index >= 15 is 0 Å². The van der Waals surface area contributed by atoms with Gasteiger partial charge in [0.2, 0.25) is 5.95 Å². The maximum atomic E-state index is 5.74. The highest BCUT2D eigenvalue weighted by molar-refractivity contribution is 5.31. The fraction of sp³-hybridized carbons (Fsp3) is 0.692. The molecule has 2 N–H and O–H groups in total. The molecule has 0 bridgehead atoms. The molecule has 17 heavy (non-hydrogen) atoms. The summed E-state index contributed by atoms with van der Waals surface area (Å²) in [6.45, 7) is 7.13. The van der Waals surface area contributed by atoms with Gasteiger partial charge in [0, 0.05) is 25.5 Å². The predicted octanol–water partition coefficient (Wildman–Crippen LogP) is 1.78. The molecule has 1 aliphatic rings. The number of nitrogens with zero attached hydrogens (tertiary/aromatic N) is 3. The molecule has 0 saturated carbocycles. The van der Waals surface area contributed by atoms with Crippen LogP contribution >= 0.6 is 0 Å². The van der Waals surface area contributed by atoms with Gasteiger partial charge in [0.05, 0.1) is 0 Å². The Hall–Kier alpha value is -1.16. The Morgan fingerprint density at radius 1 is 1.41 bits per heavy atom. The zero-order valence-corrected chi connectivity index (χ0v) is 10.8. The van der Waals surface area contributed by atoms with E-state index in [0.717, 1.165) is 25.6 Å². The van der Waals surface area contributed by atoms with Crippen LogP contribution in [-0.4, -0.2) is 29.6 Å². The first kappa shape index (κ1) is 12.3. The maximum absolute atomic E-state index is 5.74. The topological polar surface area (TPSA) is 55.0 Å². The van der Waals surface area contributed by atoms with Crippen LogP contribution in [0.3, 0.4) is 0 Å². The largest absolute Gasteiger partial charge is 0.341 e. The van der Waals surface area contributed by atoms with E-state index in [4.69, 9.17) is 5.73 Å². The van der Waals surface area contributed by atoms with Gasteiger partial charge in [0.15, 0.2) is 0 Å². The van der Waals surface area contributed by atoms with Crippen LogP contribution in [0.4, 0.5) is 5.95 Å². The van der Waals surface area contributed by atoms with Crippen molar-refractivity contribution in [2.45, 2.75) is 32.6 Å². The Kier molecular flexibility index (Phi) is 3.94. The molecule has 0 amide bonds.